The standard InChI is InChI=1S/C22H27N3O3/c1-16-7-8-18(23)15-20(16)24-22(27)17-9-12-25(13-10-17)21(26)11-14-28-19-5-3-2-4-6-19/h2-8,15,17H,9-14,23H2,1H3,(H,24,27). The predicted molar refractivity (Wildman–Crippen MR) is 110 cm³/mol. The second-order valence-corrected chi connectivity index (χ2v) is 7.13. The van der Waals surface area contributed by atoms with Crippen molar-refractivity contribution in [1.82, 2.24) is 4.90 Å². The third-order valence-electron chi connectivity index (χ3n) is 5.07. The summed E-state index contributed by atoms with van der Waals surface area (Å²) in [6, 6.07) is 15.0. The summed E-state index contributed by atoms with van der Waals surface area (Å²) in [6.07, 6.45) is 1.67. The minimum absolute atomic E-state index is 0.00629. The molecule has 2 amide bonds. The van der Waals surface area contributed by atoms with Crippen LogP contribution in [0.3, 0.4) is 0 Å². The molecule has 1 saturated heterocycles. The largest absolute Gasteiger partial charge is 0.493 e. The van der Waals surface area contributed by atoms with Crippen LogP contribution in [0.2, 0.25) is 0 Å². The van der Waals surface area contributed by atoms with Gasteiger partial charge in [0.15, 0.2) is 0 Å². The van der Waals surface area contributed by atoms with Crippen LogP contribution in [-0.2, 0) is 9.59 Å². The first kappa shape index (κ1) is 19.7. The summed E-state index contributed by atoms with van der Waals surface area (Å²) in [7, 11) is 0. The quantitative estimate of drug-likeness (QED) is 0.753. The van der Waals surface area contributed by atoms with Gasteiger partial charge in [-0.1, -0.05) is 24.3 Å². The highest BCUT2D eigenvalue weighted by molar-refractivity contribution is 5.94. The number of nitrogens with one attached hydrogen (secondary N) is 1. The van der Waals surface area contributed by atoms with E-state index in [1.54, 1.807) is 6.07 Å². The van der Waals surface area contributed by atoms with Crippen LogP contribution in [0.15, 0.2) is 48.5 Å². The highest BCUT2D eigenvalue weighted by atomic mass is 16.5. The number of para-hydroxylation sites is 1. The maximum Gasteiger partial charge on any atom is 0.227 e. The van der Waals surface area contributed by atoms with E-state index < -0.39 is 0 Å². The lowest BCUT2D eigenvalue weighted by atomic mass is 9.95. The SMILES string of the molecule is Cc1ccc(N)cc1NC(=O)C1CCN(C(=O)CCOc2ccccc2)CC1. The average Bonchev–Trinajstić information content (AvgIpc) is 2.71. The number of likely N-dealkylation sites (tertiary alicyclic amines) is 1. The van der Waals surface area contributed by atoms with E-state index in [4.69, 9.17) is 10.5 Å². The molecule has 0 atom stereocenters. The van der Waals surface area contributed by atoms with Crippen molar-refractivity contribution in [3.8, 4) is 5.75 Å². The first-order valence-electron chi connectivity index (χ1n) is 9.65. The monoisotopic (exact) mass is 381 g/mol. The van der Waals surface area contributed by atoms with Crippen LogP contribution >= 0.6 is 0 Å². The Morgan fingerprint density at radius 2 is 1.86 bits per heavy atom. The third-order valence-corrected chi connectivity index (χ3v) is 5.07. The van der Waals surface area contributed by atoms with Crippen LogP contribution in [-0.4, -0.2) is 36.4 Å². The van der Waals surface area contributed by atoms with E-state index in [0.717, 1.165) is 17.0 Å². The summed E-state index contributed by atoms with van der Waals surface area (Å²) in [6.45, 7) is 3.49. The number of aryl methyl sites for hydroxylation is 1. The van der Waals surface area contributed by atoms with Crippen LogP contribution in [0, 0.1) is 12.8 Å². The van der Waals surface area contributed by atoms with Gasteiger partial charge >= 0.3 is 0 Å². The van der Waals surface area contributed by atoms with Crippen LogP contribution in [0.5, 0.6) is 5.75 Å². The van der Waals surface area contributed by atoms with Gasteiger partial charge in [0, 0.05) is 30.4 Å². The number of amides is 2. The minimum Gasteiger partial charge on any atom is -0.493 e. The Morgan fingerprint density at radius 1 is 1.14 bits per heavy atom. The Balaban J connectivity index is 1.42. The first-order valence-corrected chi connectivity index (χ1v) is 9.65. The number of nitrogens with zero attached hydrogens (tertiary/aromatic N) is 1. The molecule has 28 heavy (non-hydrogen) atoms. The molecule has 2 aromatic rings. The maximum absolute atomic E-state index is 12.6. The highest BCUT2D eigenvalue weighted by Gasteiger charge is 2.27. The van der Waals surface area contributed by atoms with Gasteiger partial charge in [0.1, 0.15) is 5.75 Å². The number of carbonyl (C=O) groups is 2. The van der Waals surface area contributed by atoms with Gasteiger partial charge in [-0.15, -0.1) is 0 Å². The number of rotatable bonds is 6. The van der Waals surface area contributed by atoms with Gasteiger partial charge < -0.3 is 20.7 Å². The van der Waals surface area contributed by atoms with Crippen molar-refractivity contribution < 1.29 is 14.3 Å². The molecule has 0 radical (unpaired) electrons. The van der Waals surface area contributed by atoms with E-state index in [1.807, 2.05) is 54.3 Å². The molecule has 3 rings (SSSR count). The molecule has 0 aliphatic carbocycles. The van der Waals surface area contributed by atoms with Gasteiger partial charge in [-0.3, -0.25) is 9.59 Å². The molecule has 0 unspecified atom stereocenters. The van der Waals surface area contributed by atoms with Gasteiger partial charge in [-0.25, -0.2) is 0 Å². The van der Waals surface area contributed by atoms with Gasteiger partial charge in [-0.05, 0) is 49.6 Å². The number of hydrogen-bond acceptors (Lipinski definition) is 4. The van der Waals surface area contributed by atoms with Crippen molar-refractivity contribution in [2.45, 2.75) is 26.2 Å². The Morgan fingerprint density at radius 3 is 2.57 bits per heavy atom. The number of nitrogen functional groups attached to an aromatic ring is 1. The second-order valence-electron chi connectivity index (χ2n) is 7.13. The molecule has 1 fully saturated rings. The van der Waals surface area contributed by atoms with Crippen LogP contribution in [0.25, 0.3) is 0 Å². The summed E-state index contributed by atoms with van der Waals surface area (Å²) in [5.74, 6) is 0.739. The fraction of sp³-hybridized carbons (Fsp3) is 0.364. The minimum atomic E-state index is -0.0922. The number of piperidine rings is 1. The molecule has 0 spiro atoms. The van der Waals surface area contributed by atoms with Crippen molar-refractivity contribution in [3.05, 3.63) is 54.1 Å². The molecular weight excluding hydrogens is 354 g/mol. The van der Waals surface area contributed by atoms with E-state index in [-0.39, 0.29) is 17.7 Å². The van der Waals surface area contributed by atoms with E-state index in [1.165, 1.54) is 0 Å². The zero-order valence-electron chi connectivity index (χ0n) is 16.2. The lowest BCUT2D eigenvalue weighted by Gasteiger charge is -2.31. The lowest BCUT2D eigenvalue weighted by molar-refractivity contribution is -0.135. The van der Waals surface area contributed by atoms with Crippen LogP contribution in [0.4, 0.5) is 11.4 Å². The average molecular weight is 381 g/mol. The number of nitrogens with two attached hydrogens (primary N) is 1. The zero-order chi connectivity index (χ0) is 19.9. The maximum atomic E-state index is 12.6. The van der Waals surface area contributed by atoms with E-state index in [0.29, 0.717) is 44.6 Å². The third kappa shape index (κ3) is 5.25. The molecule has 148 valence electrons. The molecule has 3 N–H and O–H groups in total. The summed E-state index contributed by atoms with van der Waals surface area (Å²) in [4.78, 5) is 26.8. The van der Waals surface area contributed by atoms with E-state index in [9.17, 15) is 9.59 Å². The number of ether oxygens (including phenoxy) is 1. The van der Waals surface area contributed by atoms with Crippen LogP contribution in [0.1, 0.15) is 24.8 Å². The topological polar surface area (TPSA) is 84.7 Å². The number of anilines is 2. The molecule has 0 saturated carbocycles. The fourth-order valence-corrected chi connectivity index (χ4v) is 3.33. The first-order chi connectivity index (χ1) is 13.5. The lowest BCUT2D eigenvalue weighted by Crippen LogP contribution is -2.41. The predicted octanol–water partition coefficient (Wildman–Crippen LogP) is 3.22. The second kappa shape index (κ2) is 9.26. The summed E-state index contributed by atoms with van der Waals surface area (Å²) in [5, 5.41) is 2.97. The normalized spacial score (nSPS) is 14.5. The molecule has 0 aromatic heterocycles. The molecule has 1 aliphatic heterocycles. The van der Waals surface area contributed by atoms with E-state index >= 15 is 0 Å². The summed E-state index contributed by atoms with van der Waals surface area (Å²) < 4.78 is 5.59. The van der Waals surface area contributed by atoms with Crippen LogP contribution < -0.4 is 15.8 Å². The van der Waals surface area contributed by atoms with Crippen molar-refractivity contribution >= 4 is 23.2 Å². The molecule has 2 aromatic carbocycles. The summed E-state index contributed by atoms with van der Waals surface area (Å²) in [5.41, 5.74) is 8.16. The number of carbonyl (C=O) groups excluding carboxylic acids is 2. The van der Waals surface area contributed by atoms with Gasteiger partial charge in [0.25, 0.3) is 0 Å². The van der Waals surface area contributed by atoms with Crippen molar-refractivity contribution in [2.24, 2.45) is 5.92 Å². The number of benzene rings is 2. The fourth-order valence-electron chi connectivity index (χ4n) is 3.33. The smallest absolute Gasteiger partial charge is 0.227 e. The summed E-state index contributed by atoms with van der Waals surface area (Å²) >= 11 is 0. The molecule has 1 aliphatic rings. The molecule has 0 bridgehead atoms. The Kier molecular flexibility index (Phi) is 6.53. The Bertz CT molecular complexity index is 815. The zero-order valence-corrected chi connectivity index (χ0v) is 16.2. The highest BCUT2D eigenvalue weighted by Crippen LogP contribution is 2.23. The van der Waals surface area contributed by atoms with Crippen molar-refractivity contribution in [1.29, 1.82) is 0 Å². The molecule has 6 nitrogen and oxygen atoms in total. The molecule has 1 heterocycles. The Labute approximate surface area is 165 Å². The van der Waals surface area contributed by atoms with Gasteiger partial charge in [0.05, 0.1) is 13.0 Å². The molecule has 6 heteroatoms. The van der Waals surface area contributed by atoms with Crippen molar-refractivity contribution in [3.63, 3.8) is 0 Å². The van der Waals surface area contributed by atoms with Gasteiger partial charge in [-0.2, -0.15) is 0 Å². The number of hydrogen-bond donors (Lipinski definition) is 2. The Hall–Kier alpha value is -3.02. The van der Waals surface area contributed by atoms with Gasteiger partial charge in [0.2, 0.25) is 11.8 Å². The van der Waals surface area contributed by atoms with Crippen molar-refractivity contribution in [2.75, 3.05) is 30.7 Å². The molecular formula is C22H27N3O3. The van der Waals surface area contributed by atoms with E-state index in [2.05, 4.69) is 5.32 Å².